The Bertz CT molecular complexity index is 305. The molecule has 0 unspecified atom stereocenters. The number of hydrogen-bond acceptors (Lipinski definition) is 2. The molecule has 2 N–H and O–H groups in total. The molecule has 1 atom stereocenters. The lowest BCUT2D eigenvalue weighted by Gasteiger charge is -2.07. The monoisotopic (exact) mass is 206 g/mol. The average Bonchev–Trinajstić information content (AvgIpc) is 2.16. The highest BCUT2D eigenvalue weighted by Gasteiger charge is 2.00. The second-order valence-electron chi connectivity index (χ2n) is 4.33. The summed E-state index contributed by atoms with van der Waals surface area (Å²) in [5.74, 6) is 0. The fourth-order valence-electron chi connectivity index (χ4n) is 1.77. The van der Waals surface area contributed by atoms with Crippen LogP contribution in [0.1, 0.15) is 43.6 Å². The molecule has 0 aromatic carbocycles. The summed E-state index contributed by atoms with van der Waals surface area (Å²) in [6, 6.07) is 4.72. The normalized spacial score (nSPS) is 12.8. The summed E-state index contributed by atoms with van der Waals surface area (Å²) in [4.78, 5) is 4.47. The van der Waals surface area contributed by atoms with Gasteiger partial charge in [-0.15, -0.1) is 0 Å². The summed E-state index contributed by atoms with van der Waals surface area (Å²) in [6.07, 6.45) is 4.41. The fraction of sp³-hybridized carbons (Fsp3) is 0.615. The molecule has 0 aliphatic rings. The van der Waals surface area contributed by atoms with E-state index in [1.807, 2.05) is 0 Å². The molecule has 2 heteroatoms. The molecular weight excluding hydrogens is 184 g/mol. The second-order valence-corrected chi connectivity index (χ2v) is 4.33. The van der Waals surface area contributed by atoms with Gasteiger partial charge in [0.15, 0.2) is 0 Å². The van der Waals surface area contributed by atoms with E-state index in [2.05, 4.69) is 37.9 Å². The maximum Gasteiger partial charge on any atom is 0.0406 e. The molecular formula is C13H22N2. The van der Waals surface area contributed by atoms with Crippen molar-refractivity contribution in [3.05, 3.63) is 29.1 Å². The van der Waals surface area contributed by atoms with Crippen LogP contribution in [0.3, 0.4) is 0 Å². The zero-order chi connectivity index (χ0) is 11.3. The fourth-order valence-corrected chi connectivity index (χ4v) is 1.77. The Balaban J connectivity index is 2.56. The zero-order valence-corrected chi connectivity index (χ0v) is 10.1. The van der Waals surface area contributed by atoms with Crippen LogP contribution in [0.2, 0.25) is 0 Å². The van der Waals surface area contributed by atoms with Gasteiger partial charge in [-0.3, -0.25) is 4.98 Å². The molecule has 0 bridgehead atoms. The van der Waals surface area contributed by atoms with E-state index in [1.165, 1.54) is 17.7 Å². The van der Waals surface area contributed by atoms with Gasteiger partial charge >= 0.3 is 0 Å². The second kappa shape index (κ2) is 5.86. The summed E-state index contributed by atoms with van der Waals surface area (Å²) in [7, 11) is 0. The summed E-state index contributed by atoms with van der Waals surface area (Å²) in [5, 5.41) is 0. The molecule has 0 radical (unpaired) electrons. The maximum absolute atomic E-state index is 5.73. The minimum absolute atomic E-state index is 0.318. The van der Waals surface area contributed by atoms with Crippen LogP contribution < -0.4 is 5.73 Å². The lowest BCUT2D eigenvalue weighted by molar-refractivity contribution is 0.623. The number of hydrogen-bond donors (Lipinski definition) is 1. The van der Waals surface area contributed by atoms with Gasteiger partial charge in [-0.1, -0.05) is 6.92 Å². The van der Waals surface area contributed by atoms with Crippen LogP contribution >= 0.6 is 0 Å². The van der Waals surface area contributed by atoms with Crippen molar-refractivity contribution in [1.82, 2.24) is 4.98 Å². The van der Waals surface area contributed by atoms with E-state index in [0.29, 0.717) is 6.04 Å². The number of aromatic nitrogens is 1. The molecule has 1 rings (SSSR count). The van der Waals surface area contributed by atoms with Gasteiger partial charge in [-0.2, -0.15) is 0 Å². The molecule has 0 saturated heterocycles. The molecule has 0 amide bonds. The van der Waals surface area contributed by atoms with Crippen LogP contribution in [0.15, 0.2) is 12.1 Å². The molecule has 15 heavy (non-hydrogen) atoms. The molecule has 0 saturated carbocycles. The third-order valence-corrected chi connectivity index (χ3v) is 2.55. The average molecular weight is 206 g/mol. The van der Waals surface area contributed by atoms with Crippen LogP contribution in [0.5, 0.6) is 0 Å². The van der Waals surface area contributed by atoms with E-state index in [1.54, 1.807) is 0 Å². The lowest BCUT2D eigenvalue weighted by Crippen LogP contribution is -2.14. The number of nitrogens with two attached hydrogens (primary N) is 1. The first-order chi connectivity index (χ1) is 7.11. The third kappa shape index (κ3) is 4.43. The molecule has 1 aromatic rings. The number of aryl methyl sites for hydroxylation is 3. The van der Waals surface area contributed by atoms with Gasteiger partial charge in [0.2, 0.25) is 0 Å². The van der Waals surface area contributed by atoms with E-state index in [-0.39, 0.29) is 0 Å². The van der Waals surface area contributed by atoms with E-state index in [9.17, 15) is 0 Å². The predicted octanol–water partition coefficient (Wildman–Crippen LogP) is 2.62. The molecule has 1 heterocycles. The van der Waals surface area contributed by atoms with E-state index in [0.717, 1.165) is 25.0 Å². The standard InChI is InChI=1S/C13H22N2/c1-4-13-9-12(8-11(3)15-13)7-5-6-10(2)14/h8-10H,4-7,14H2,1-3H3/t10-/m0/s1. The third-order valence-electron chi connectivity index (χ3n) is 2.55. The highest BCUT2D eigenvalue weighted by atomic mass is 14.7. The van der Waals surface area contributed by atoms with Gasteiger partial charge in [0.05, 0.1) is 0 Å². The Kier molecular flexibility index (Phi) is 4.76. The van der Waals surface area contributed by atoms with Crippen molar-refractivity contribution in [2.75, 3.05) is 0 Å². The van der Waals surface area contributed by atoms with Crippen molar-refractivity contribution >= 4 is 0 Å². The lowest BCUT2D eigenvalue weighted by atomic mass is 10.0. The highest BCUT2D eigenvalue weighted by Crippen LogP contribution is 2.10. The van der Waals surface area contributed by atoms with Crippen molar-refractivity contribution in [2.45, 2.75) is 52.5 Å². The Morgan fingerprint density at radius 1 is 1.40 bits per heavy atom. The van der Waals surface area contributed by atoms with Crippen LogP contribution in [0.25, 0.3) is 0 Å². The molecule has 0 aliphatic carbocycles. The first-order valence-electron chi connectivity index (χ1n) is 5.84. The van der Waals surface area contributed by atoms with Crippen molar-refractivity contribution in [2.24, 2.45) is 5.73 Å². The topological polar surface area (TPSA) is 38.9 Å². The molecule has 2 nitrogen and oxygen atoms in total. The predicted molar refractivity (Wildman–Crippen MR) is 64.9 cm³/mol. The Labute approximate surface area is 92.9 Å². The summed E-state index contributed by atoms with van der Waals surface area (Å²) >= 11 is 0. The van der Waals surface area contributed by atoms with Gasteiger partial charge in [0.25, 0.3) is 0 Å². The van der Waals surface area contributed by atoms with Gasteiger partial charge in [0, 0.05) is 17.4 Å². The van der Waals surface area contributed by atoms with Crippen molar-refractivity contribution in [1.29, 1.82) is 0 Å². The Morgan fingerprint density at radius 2 is 2.13 bits per heavy atom. The Morgan fingerprint density at radius 3 is 2.73 bits per heavy atom. The Hall–Kier alpha value is -0.890. The highest BCUT2D eigenvalue weighted by molar-refractivity contribution is 5.21. The summed E-state index contributed by atoms with van der Waals surface area (Å²) in [5.41, 5.74) is 9.46. The molecule has 0 spiro atoms. The molecule has 0 fully saturated rings. The van der Waals surface area contributed by atoms with Crippen LogP contribution in [-0.4, -0.2) is 11.0 Å². The quantitative estimate of drug-likeness (QED) is 0.804. The largest absolute Gasteiger partial charge is 0.328 e. The molecule has 84 valence electrons. The van der Waals surface area contributed by atoms with Gasteiger partial charge in [-0.25, -0.2) is 0 Å². The smallest absolute Gasteiger partial charge is 0.0406 e. The number of rotatable bonds is 5. The maximum atomic E-state index is 5.73. The van der Waals surface area contributed by atoms with Crippen LogP contribution in [0, 0.1) is 6.92 Å². The summed E-state index contributed by atoms with van der Waals surface area (Å²) in [6.45, 7) is 6.27. The molecule has 0 aliphatic heterocycles. The van der Waals surface area contributed by atoms with Gasteiger partial charge in [0.1, 0.15) is 0 Å². The van der Waals surface area contributed by atoms with E-state index >= 15 is 0 Å². The van der Waals surface area contributed by atoms with Crippen LogP contribution in [0.4, 0.5) is 0 Å². The zero-order valence-electron chi connectivity index (χ0n) is 10.1. The number of nitrogens with zero attached hydrogens (tertiary/aromatic N) is 1. The summed E-state index contributed by atoms with van der Waals surface area (Å²) < 4.78 is 0. The van der Waals surface area contributed by atoms with Crippen molar-refractivity contribution in [3.63, 3.8) is 0 Å². The van der Waals surface area contributed by atoms with Crippen molar-refractivity contribution in [3.8, 4) is 0 Å². The SMILES string of the molecule is CCc1cc(CCC[C@H](C)N)cc(C)n1. The van der Waals surface area contributed by atoms with Gasteiger partial charge < -0.3 is 5.73 Å². The first-order valence-corrected chi connectivity index (χ1v) is 5.84. The number of pyridine rings is 1. The van der Waals surface area contributed by atoms with Gasteiger partial charge in [-0.05, 0) is 57.2 Å². The van der Waals surface area contributed by atoms with Crippen molar-refractivity contribution < 1.29 is 0 Å². The van der Waals surface area contributed by atoms with E-state index in [4.69, 9.17) is 5.73 Å². The molecule has 1 aromatic heterocycles. The minimum Gasteiger partial charge on any atom is -0.328 e. The minimum atomic E-state index is 0.318. The van der Waals surface area contributed by atoms with E-state index < -0.39 is 0 Å². The van der Waals surface area contributed by atoms with Crippen LogP contribution in [-0.2, 0) is 12.8 Å². The first kappa shape index (κ1) is 12.2.